The van der Waals surface area contributed by atoms with Gasteiger partial charge in [0.05, 0.1) is 0 Å². The number of carbonyl (C=O) groups is 3. The highest BCUT2D eigenvalue weighted by Gasteiger charge is 2.83. The predicted molar refractivity (Wildman–Crippen MR) is 232 cm³/mol. The molecule has 10 rings (SSSR count). The van der Waals surface area contributed by atoms with E-state index in [0.29, 0.717) is 37.4 Å². The molecule has 3 aliphatic heterocycles. The summed E-state index contributed by atoms with van der Waals surface area (Å²) in [7, 11) is 0. The minimum Gasteiger partial charge on any atom is -0.492 e. The summed E-state index contributed by atoms with van der Waals surface area (Å²) in [5.74, 6) is -1.03. The number of aliphatic carboxylic acids is 1. The predicted octanol–water partition coefficient (Wildman–Crippen LogP) is 8.08. The zero-order valence-electron chi connectivity index (χ0n) is 37.1. The highest BCUT2D eigenvalue weighted by molar-refractivity contribution is 6.03. The van der Waals surface area contributed by atoms with Gasteiger partial charge in [0.2, 0.25) is 0 Å². The van der Waals surface area contributed by atoms with E-state index in [0.717, 1.165) is 53.2 Å². The van der Waals surface area contributed by atoms with Crippen molar-refractivity contribution in [2.75, 3.05) is 32.8 Å². The number of aliphatic hydroxyl groups is 2. The highest BCUT2D eigenvalue weighted by Crippen LogP contribution is 2.83. The zero-order valence-corrected chi connectivity index (χ0v) is 37.1. The van der Waals surface area contributed by atoms with Crippen molar-refractivity contribution in [1.82, 2.24) is 4.90 Å². The Labute approximate surface area is 368 Å². The van der Waals surface area contributed by atoms with Gasteiger partial charge in [-0.1, -0.05) is 60.1 Å². The molecule has 334 valence electrons. The number of ether oxygens (including phenoxy) is 5. The van der Waals surface area contributed by atoms with Crippen LogP contribution >= 0.6 is 0 Å². The van der Waals surface area contributed by atoms with Crippen LogP contribution in [0.15, 0.2) is 60.7 Å². The summed E-state index contributed by atoms with van der Waals surface area (Å²) in [4.78, 5) is 43.3. The number of hydrogen-bond donors (Lipinski definition) is 3. The first kappa shape index (κ1) is 42.1. The molecule has 7 unspecified atom stereocenters. The molecular weight excluding hydrogens is 803 g/mol. The average molecular weight is 862 g/mol. The van der Waals surface area contributed by atoms with Crippen LogP contribution in [-0.2, 0) is 14.4 Å². The molecule has 3 aromatic rings. The van der Waals surface area contributed by atoms with Crippen molar-refractivity contribution in [3.8, 4) is 28.7 Å². The van der Waals surface area contributed by atoms with Crippen LogP contribution in [0, 0.1) is 44.3 Å². The topological polar surface area (TPSA) is 161 Å². The maximum Gasteiger partial charge on any atom is 0.329 e. The van der Waals surface area contributed by atoms with Crippen molar-refractivity contribution in [3.05, 3.63) is 77.4 Å². The number of carbonyl (C=O) groups excluding carboxylic acids is 2. The minimum atomic E-state index is -1.87. The molecule has 3 aromatic carbocycles. The average Bonchev–Trinajstić information content (AvgIpc) is 3.63. The van der Waals surface area contributed by atoms with Gasteiger partial charge in [-0.05, 0) is 127 Å². The standard InChI is InChI=1S/C51H59NO11/c1-46(2)40-48(46,5)18-20-50(40,42(53)54)44(57)61-31-15-17-34-36(26-31)60-28-35-33-16-14-32(62-45(58)51(43(55)56)21-19-49(6)41(51)47(49,3)4)27-37(33)63-39(38(34)35)29-10-12-30(13-11-29)59-25-24-52-22-8-7-9-23-52/h10-17,26-27,39-41,43,55-56H,7-9,18-25,28H2,1-6H3,(H,53,54). The lowest BCUT2D eigenvalue weighted by molar-refractivity contribution is -0.184. The van der Waals surface area contributed by atoms with Gasteiger partial charge in [0.25, 0.3) is 0 Å². The molecule has 0 spiro atoms. The monoisotopic (exact) mass is 861 g/mol. The Kier molecular flexibility index (Phi) is 9.54. The second kappa shape index (κ2) is 14.3. The first-order valence-electron chi connectivity index (χ1n) is 22.7. The van der Waals surface area contributed by atoms with Crippen molar-refractivity contribution < 1.29 is 53.4 Å². The van der Waals surface area contributed by atoms with Crippen molar-refractivity contribution in [1.29, 1.82) is 0 Å². The van der Waals surface area contributed by atoms with Gasteiger partial charge in [-0.15, -0.1) is 0 Å². The number of fused-ring (bicyclic) bond motifs is 6. The quantitative estimate of drug-likeness (QED) is 0.0737. The molecule has 3 heterocycles. The zero-order chi connectivity index (χ0) is 44.5. The fourth-order valence-corrected chi connectivity index (χ4v) is 13.6. The number of hydrogen-bond acceptors (Lipinski definition) is 11. The number of rotatable bonds is 11. The van der Waals surface area contributed by atoms with Crippen LogP contribution in [0.5, 0.6) is 28.7 Å². The summed E-state index contributed by atoms with van der Waals surface area (Å²) in [6.07, 6.45) is 3.09. The third kappa shape index (κ3) is 5.99. The Bertz CT molecular complexity index is 2430. The first-order valence-corrected chi connectivity index (χ1v) is 22.7. The van der Waals surface area contributed by atoms with Gasteiger partial charge in [0, 0.05) is 41.0 Å². The highest BCUT2D eigenvalue weighted by atomic mass is 16.6. The molecule has 3 N–H and O–H groups in total. The number of carboxylic acid groups (broad SMARTS) is 1. The van der Waals surface area contributed by atoms with Gasteiger partial charge < -0.3 is 39.0 Å². The van der Waals surface area contributed by atoms with Crippen LogP contribution in [0.1, 0.15) is 109 Å². The van der Waals surface area contributed by atoms with E-state index in [4.69, 9.17) is 23.7 Å². The number of piperidine rings is 1. The number of carboxylic acids is 1. The molecule has 0 amide bonds. The third-order valence-electron chi connectivity index (χ3n) is 17.6. The third-order valence-corrected chi connectivity index (χ3v) is 17.6. The Morgan fingerprint density at radius 1 is 0.730 bits per heavy atom. The van der Waals surface area contributed by atoms with Crippen molar-refractivity contribution in [3.63, 3.8) is 0 Å². The van der Waals surface area contributed by atoms with Crippen molar-refractivity contribution >= 4 is 29.1 Å². The summed E-state index contributed by atoms with van der Waals surface area (Å²) in [5.41, 5.74) is -0.0329. The first-order chi connectivity index (χ1) is 29.9. The van der Waals surface area contributed by atoms with Gasteiger partial charge in [-0.3, -0.25) is 19.3 Å². The Balaban J connectivity index is 0.956. The molecule has 12 nitrogen and oxygen atoms in total. The van der Waals surface area contributed by atoms with E-state index in [2.05, 4.69) is 32.6 Å². The molecule has 7 aliphatic rings. The van der Waals surface area contributed by atoms with Gasteiger partial charge in [0.15, 0.2) is 17.8 Å². The van der Waals surface area contributed by atoms with E-state index in [1.807, 2.05) is 50.2 Å². The lowest BCUT2D eigenvalue weighted by Crippen LogP contribution is -2.46. The normalized spacial score (nSPS) is 32.8. The molecule has 1 saturated heterocycles. The number of likely N-dealkylation sites (tertiary alicyclic amines) is 1. The van der Waals surface area contributed by atoms with E-state index >= 15 is 0 Å². The second-order valence-corrected chi connectivity index (χ2v) is 20.9. The largest absolute Gasteiger partial charge is 0.492 e. The van der Waals surface area contributed by atoms with Gasteiger partial charge in [-0.25, -0.2) is 0 Å². The van der Waals surface area contributed by atoms with E-state index < -0.39 is 41.1 Å². The van der Waals surface area contributed by atoms with Crippen LogP contribution in [0.4, 0.5) is 0 Å². The maximum absolute atomic E-state index is 14.1. The number of aliphatic hydroxyl groups excluding tert-OH is 1. The van der Waals surface area contributed by atoms with E-state index in [-0.39, 0.29) is 58.0 Å². The molecule has 4 aliphatic carbocycles. The second-order valence-electron chi connectivity index (χ2n) is 20.9. The van der Waals surface area contributed by atoms with E-state index in [9.17, 15) is 29.7 Å². The van der Waals surface area contributed by atoms with Crippen LogP contribution in [-0.4, -0.2) is 77.3 Å². The summed E-state index contributed by atoms with van der Waals surface area (Å²) < 4.78 is 31.5. The number of nitrogens with zero attached hydrogens (tertiary/aromatic N) is 1. The van der Waals surface area contributed by atoms with E-state index in [1.165, 1.54) is 19.3 Å². The molecule has 0 bridgehead atoms. The summed E-state index contributed by atoms with van der Waals surface area (Å²) in [5, 5.41) is 31.9. The molecule has 63 heavy (non-hydrogen) atoms. The molecular formula is C51H59NO11. The van der Waals surface area contributed by atoms with Crippen LogP contribution in [0.2, 0.25) is 0 Å². The Morgan fingerprint density at radius 2 is 1.33 bits per heavy atom. The number of esters is 2. The molecule has 0 radical (unpaired) electrons. The minimum absolute atomic E-state index is 0.145. The molecule has 12 heteroatoms. The molecule has 7 atom stereocenters. The van der Waals surface area contributed by atoms with Crippen molar-refractivity contribution in [2.45, 2.75) is 98.9 Å². The smallest absolute Gasteiger partial charge is 0.329 e. The molecule has 4 saturated carbocycles. The summed E-state index contributed by atoms with van der Waals surface area (Å²) in [6.45, 7) is 16.2. The lowest BCUT2D eigenvalue weighted by atomic mass is 9.76. The van der Waals surface area contributed by atoms with Gasteiger partial charge >= 0.3 is 17.9 Å². The van der Waals surface area contributed by atoms with E-state index in [1.54, 1.807) is 24.3 Å². The van der Waals surface area contributed by atoms with Gasteiger partial charge in [-0.2, -0.15) is 0 Å². The maximum atomic E-state index is 14.1. The number of benzene rings is 3. The molecule has 5 fully saturated rings. The van der Waals surface area contributed by atoms with Crippen LogP contribution in [0.3, 0.4) is 0 Å². The van der Waals surface area contributed by atoms with Gasteiger partial charge in [0.1, 0.15) is 47.4 Å². The lowest BCUT2D eigenvalue weighted by Gasteiger charge is -2.36. The SMILES string of the molecule is CC1(C)C2C(C(=O)O)(C(=O)Oc3ccc4c(c3)OCC3=C4C(c4ccc(OCCN5CCCCC5)cc4)Oc4cc(OC(=O)C5(C(O)O)CCC6(C)C5C6(C)C)ccc43)CCC21C. The summed E-state index contributed by atoms with van der Waals surface area (Å²) in [6, 6.07) is 18.2. The fourth-order valence-electron chi connectivity index (χ4n) is 13.6. The summed E-state index contributed by atoms with van der Waals surface area (Å²) >= 11 is 0. The molecule has 0 aromatic heterocycles. The van der Waals surface area contributed by atoms with Crippen molar-refractivity contribution in [2.24, 2.45) is 44.3 Å². The van der Waals surface area contributed by atoms with Crippen LogP contribution in [0.25, 0.3) is 11.1 Å². The van der Waals surface area contributed by atoms with Crippen LogP contribution < -0.4 is 23.7 Å². The fraction of sp³-hybridized carbons (Fsp3) is 0.549. The Morgan fingerprint density at radius 3 is 1.95 bits per heavy atom. The Hall–Kier alpha value is -4.91.